The molecule has 2 aromatic rings. The molecule has 3 amide bonds. The average Bonchev–Trinajstić information content (AvgIpc) is 2.79. The Hall–Kier alpha value is -3.22. The SMILES string of the molecule is Cc1cccc(C(=O)NC(C)C(=O)N2CCC(C(=O)NCCc3ccccc3F)CC2)c1. The van der Waals surface area contributed by atoms with Crippen LogP contribution in [-0.2, 0) is 16.0 Å². The highest BCUT2D eigenvalue weighted by molar-refractivity contribution is 5.97. The van der Waals surface area contributed by atoms with Crippen molar-refractivity contribution in [2.45, 2.75) is 39.2 Å². The van der Waals surface area contributed by atoms with E-state index in [4.69, 9.17) is 0 Å². The molecule has 2 aromatic carbocycles. The number of likely N-dealkylation sites (tertiary alicyclic amines) is 1. The maximum Gasteiger partial charge on any atom is 0.251 e. The summed E-state index contributed by atoms with van der Waals surface area (Å²) in [6.45, 7) is 4.90. The number of amides is 3. The van der Waals surface area contributed by atoms with E-state index in [-0.39, 0.29) is 29.5 Å². The van der Waals surface area contributed by atoms with Crippen LogP contribution in [0.3, 0.4) is 0 Å². The minimum absolute atomic E-state index is 0.0609. The van der Waals surface area contributed by atoms with Gasteiger partial charge in [-0.25, -0.2) is 4.39 Å². The van der Waals surface area contributed by atoms with Crippen molar-refractivity contribution >= 4 is 17.7 Å². The predicted octanol–water partition coefficient (Wildman–Crippen LogP) is 2.85. The summed E-state index contributed by atoms with van der Waals surface area (Å²) in [5.74, 6) is -0.925. The summed E-state index contributed by atoms with van der Waals surface area (Å²) in [4.78, 5) is 39.3. The number of hydrogen-bond donors (Lipinski definition) is 2. The number of halogens is 1. The fourth-order valence-electron chi connectivity index (χ4n) is 3.93. The maximum atomic E-state index is 13.7. The van der Waals surface area contributed by atoms with Crippen LogP contribution in [0.1, 0.15) is 41.3 Å². The van der Waals surface area contributed by atoms with Crippen molar-refractivity contribution in [3.05, 3.63) is 71.0 Å². The monoisotopic (exact) mass is 439 g/mol. The Kier molecular flexibility index (Phi) is 7.98. The number of benzene rings is 2. The summed E-state index contributed by atoms with van der Waals surface area (Å²) in [6.07, 6.45) is 1.57. The molecule has 1 aliphatic rings. The highest BCUT2D eigenvalue weighted by Crippen LogP contribution is 2.18. The van der Waals surface area contributed by atoms with Crippen molar-refractivity contribution in [3.63, 3.8) is 0 Å². The van der Waals surface area contributed by atoms with Crippen LogP contribution >= 0.6 is 0 Å². The predicted molar refractivity (Wildman–Crippen MR) is 121 cm³/mol. The Bertz CT molecular complexity index is 970. The Labute approximate surface area is 188 Å². The number of rotatable bonds is 7. The Morgan fingerprint density at radius 1 is 1.09 bits per heavy atom. The van der Waals surface area contributed by atoms with Gasteiger partial charge in [0.2, 0.25) is 11.8 Å². The van der Waals surface area contributed by atoms with Crippen LogP contribution in [0.5, 0.6) is 0 Å². The Balaban J connectivity index is 1.42. The molecule has 1 atom stereocenters. The van der Waals surface area contributed by atoms with E-state index in [2.05, 4.69) is 10.6 Å². The van der Waals surface area contributed by atoms with Crippen molar-refractivity contribution in [2.75, 3.05) is 19.6 Å². The van der Waals surface area contributed by atoms with Crippen molar-refractivity contribution in [1.29, 1.82) is 0 Å². The van der Waals surface area contributed by atoms with E-state index in [9.17, 15) is 18.8 Å². The van der Waals surface area contributed by atoms with Crippen LogP contribution in [0.25, 0.3) is 0 Å². The van der Waals surface area contributed by atoms with E-state index < -0.39 is 6.04 Å². The van der Waals surface area contributed by atoms with Gasteiger partial charge in [-0.2, -0.15) is 0 Å². The lowest BCUT2D eigenvalue weighted by Crippen LogP contribution is -2.50. The molecule has 32 heavy (non-hydrogen) atoms. The third-order valence-electron chi connectivity index (χ3n) is 5.83. The second-order valence-corrected chi connectivity index (χ2v) is 8.30. The van der Waals surface area contributed by atoms with E-state index in [1.165, 1.54) is 6.07 Å². The zero-order valence-electron chi connectivity index (χ0n) is 18.6. The number of hydrogen-bond acceptors (Lipinski definition) is 3. The molecule has 1 fully saturated rings. The third-order valence-corrected chi connectivity index (χ3v) is 5.83. The third kappa shape index (κ3) is 6.15. The van der Waals surface area contributed by atoms with Crippen LogP contribution in [0, 0.1) is 18.7 Å². The summed E-state index contributed by atoms with van der Waals surface area (Å²) in [5, 5.41) is 5.64. The summed E-state index contributed by atoms with van der Waals surface area (Å²) < 4.78 is 13.7. The van der Waals surface area contributed by atoms with Crippen LogP contribution in [-0.4, -0.2) is 48.3 Å². The first kappa shape index (κ1) is 23.4. The number of piperidine rings is 1. The fraction of sp³-hybridized carbons (Fsp3) is 0.400. The van der Waals surface area contributed by atoms with Gasteiger partial charge < -0.3 is 15.5 Å². The second kappa shape index (κ2) is 10.9. The molecule has 0 aliphatic carbocycles. The van der Waals surface area contributed by atoms with Gasteiger partial charge in [0, 0.05) is 31.1 Å². The number of nitrogens with one attached hydrogen (secondary N) is 2. The van der Waals surface area contributed by atoms with Gasteiger partial charge in [-0.3, -0.25) is 14.4 Å². The molecular weight excluding hydrogens is 409 g/mol. The van der Waals surface area contributed by atoms with Gasteiger partial charge in [-0.15, -0.1) is 0 Å². The van der Waals surface area contributed by atoms with Gasteiger partial charge in [0.05, 0.1) is 0 Å². The standard InChI is InChI=1S/C25H30FN3O3/c1-17-6-5-8-21(16-17)24(31)28-18(2)25(32)29-14-11-20(12-15-29)23(30)27-13-10-19-7-3-4-9-22(19)26/h3-9,16,18,20H,10-15H2,1-2H3,(H,27,30)(H,28,31). The summed E-state index contributed by atoms with van der Waals surface area (Å²) in [5.41, 5.74) is 2.08. The molecule has 0 radical (unpaired) electrons. The minimum atomic E-state index is -0.644. The van der Waals surface area contributed by atoms with Crippen molar-refractivity contribution in [2.24, 2.45) is 5.92 Å². The molecule has 1 unspecified atom stereocenters. The number of nitrogens with zero attached hydrogens (tertiary/aromatic N) is 1. The smallest absolute Gasteiger partial charge is 0.251 e. The maximum absolute atomic E-state index is 13.7. The topological polar surface area (TPSA) is 78.5 Å². The molecular formula is C25H30FN3O3. The van der Waals surface area contributed by atoms with Gasteiger partial charge in [-0.1, -0.05) is 35.9 Å². The Morgan fingerprint density at radius 2 is 1.81 bits per heavy atom. The van der Waals surface area contributed by atoms with E-state index in [1.54, 1.807) is 42.2 Å². The van der Waals surface area contributed by atoms with E-state index in [0.29, 0.717) is 50.0 Å². The van der Waals surface area contributed by atoms with Crippen molar-refractivity contribution in [1.82, 2.24) is 15.5 Å². The molecule has 2 N–H and O–H groups in total. The zero-order chi connectivity index (χ0) is 23.1. The molecule has 170 valence electrons. The molecule has 0 aromatic heterocycles. The molecule has 1 saturated heterocycles. The quantitative estimate of drug-likeness (QED) is 0.696. The number of carbonyl (C=O) groups excluding carboxylic acids is 3. The normalized spacial score (nSPS) is 15.2. The fourth-order valence-corrected chi connectivity index (χ4v) is 3.93. The van der Waals surface area contributed by atoms with Crippen LogP contribution in [0.15, 0.2) is 48.5 Å². The molecule has 0 saturated carbocycles. The molecule has 7 heteroatoms. The zero-order valence-corrected chi connectivity index (χ0v) is 18.6. The van der Waals surface area contributed by atoms with E-state index in [1.807, 2.05) is 19.1 Å². The first-order valence-corrected chi connectivity index (χ1v) is 11.0. The number of aryl methyl sites for hydroxylation is 1. The second-order valence-electron chi connectivity index (χ2n) is 8.30. The van der Waals surface area contributed by atoms with Gasteiger partial charge in [0.1, 0.15) is 11.9 Å². The molecule has 3 rings (SSSR count). The summed E-state index contributed by atoms with van der Waals surface area (Å²) in [7, 11) is 0. The largest absolute Gasteiger partial charge is 0.356 e. The summed E-state index contributed by atoms with van der Waals surface area (Å²) >= 11 is 0. The molecule has 1 aliphatic heterocycles. The molecule has 1 heterocycles. The van der Waals surface area contributed by atoms with Crippen LogP contribution < -0.4 is 10.6 Å². The lowest BCUT2D eigenvalue weighted by Gasteiger charge is -2.33. The number of carbonyl (C=O) groups is 3. The molecule has 6 nitrogen and oxygen atoms in total. The minimum Gasteiger partial charge on any atom is -0.356 e. The van der Waals surface area contributed by atoms with Crippen molar-refractivity contribution < 1.29 is 18.8 Å². The van der Waals surface area contributed by atoms with E-state index in [0.717, 1.165) is 5.56 Å². The van der Waals surface area contributed by atoms with Crippen LogP contribution in [0.2, 0.25) is 0 Å². The van der Waals surface area contributed by atoms with Crippen LogP contribution in [0.4, 0.5) is 4.39 Å². The first-order chi connectivity index (χ1) is 15.3. The highest BCUT2D eigenvalue weighted by Gasteiger charge is 2.29. The lowest BCUT2D eigenvalue weighted by molar-refractivity contribution is -0.136. The van der Waals surface area contributed by atoms with E-state index >= 15 is 0 Å². The van der Waals surface area contributed by atoms with Gasteiger partial charge in [-0.05, 0) is 56.9 Å². The lowest BCUT2D eigenvalue weighted by atomic mass is 9.95. The molecule has 0 bridgehead atoms. The van der Waals surface area contributed by atoms with Gasteiger partial charge in [0.25, 0.3) is 5.91 Å². The first-order valence-electron chi connectivity index (χ1n) is 11.0. The average molecular weight is 440 g/mol. The molecule has 0 spiro atoms. The summed E-state index contributed by atoms with van der Waals surface area (Å²) in [6, 6.07) is 13.1. The Morgan fingerprint density at radius 3 is 2.50 bits per heavy atom. The van der Waals surface area contributed by atoms with Gasteiger partial charge in [0.15, 0.2) is 0 Å². The van der Waals surface area contributed by atoms with Gasteiger partial charge >= 0.3 is 0 Å². The highest BCUT2D eigenvalue weighted by atomic mass is 19.1. The van der Waals surface area contributed by atoms with Crippen molar-refractivity contribution in [3.8, 4) is 0 Å².